The van der Waals surface area contributed by atoms with Crippen molar-refractivity contribution in [1.82, 2.24) is 5.32 Å². The van der Waals surface area contributed by atoms with Gasteiger partial charge in [0.1, 0.15) is 11.6 Å². The molecular weight excluding hydrogens is 216 g/mol. The summed E-state index contributed by atoms with van der Waals surface area (Å²) < 4.78 is 0. The number of hydrogen-bond acceptors (Lipinski definition) is 4. The standard InChI is InChI=1S/C12H12N4O/c1-16-12(17)10(7-14)5-8-2-3-11(15)9(4-8)6-13/h2-6,13H,15H2,1H3,(H,16,17)/b10-5+,13-6?. The first-order chi connectivity index (χ1) is 8.12. The maximum absolute atomic E-state index is 11.3. The number of nitrogens with two attached hydrogens (primary N) is 1. The quantitative estimate of drug-likeness (QED) is 0.310. The fourth-order valence-electron chi connectivity index (χ4n) is 1.26. The number of rotatable bonds is 3. The molecule has 1 aromatic rings. The van der Waals surface area contributed by atoms with Crippen LogP contribution in [0.2, 0.25) is 0 Å². The second-order valence-corrected chi connectivity index (χ2v) is 3.28. The van der Waals surface area contributed by atoms with Crippen LogP contribution in [0.1, 0.15) is 11.1 Å². The Labute approximate surface area is 99.1 Å². The van der Waals surface area contributed by atoms with E-state index in [9.17, 15) is 4.79 Å². The van der Waals surface area contributed by atoms with Gasteiger partial charge in [0.05, 0.1) is 0 Å². The predicted molar refractivity (Wildman–Crippen MR) is 66.4 cm³/mol. The fourth-order valence-corrected chi connectivity index (χ4v) is 1.26. The molecule has 0 radical (unpaired) electrons. The lowest BCUT2D eigenvalue weighted by Crippen LogP contribution is -2.19. The van der Waals surface area contributed by atoms with Crippen LogP contribution in [0.3, 0.4) is 0 Å². The molecule has 0 atom stereocenters. The smallest absolute Gasteiger partial charge is 0.261 e. The van der Waals surface area contributed by atoms with Crippen molar-refractivity contribution in [2.24, 2.45) is 0 Å². The molecule has 0 saturated carbocycles. The van der Waals surface area contributed by atoms with Crippen LogP contribution in [-0.4, -0.2) is 19.2 Å². The summed E-state index contributed by atoms with van der Waals surface area (Å²) in [6, 6.07) is 6.77. The van der Waals surface area contributed by atoms with Gasteiger partial charge in [-0.2, -0.15) is 5.26 Å². The molecular formula is C12H12N4O. The summed E-state index contributed by atoms with van der Waals surface area (Å²) in [5.74, 6) is -0.444. The predicted octanol–water partition coefficient (Wildman–Crippen LogP) is 0.919. The van der Waals surface area contributed by atoms with Gasteiger partial charge < -0.3 is 16.5 Å². The highest BCUT2D eigenvalue weighted by Gasteiger charge is 2.06. The van der Waals surface area contributed by atoms with E-state index >= 15 is 0 Å². The first-order valence-corrected chi connectivity index (χ1v) is 4.86. The second-order valence-electron chi connectivity index (χ2n) is 3.28. The third kappa shape index (κ3) is 2.92. The number of nitrogens with one attached hydrogen (secondary N) is 2. The normalized spacial score (nSPS) is 10.5. The van der Waals surface area contributed by atoms with Crippen molar-refractivity contribution in [3.63, 3.8) is 0 Å². The molecule has 1 aromatic carbocycles. The summed E-state index contributed by atoms with van der Waals surface area (Å²) in [5.41, 5.74) is 7.32. The number of anilines is 1. The molecule has 1 amide bonds. The summed E-state index contributed by atoms with van der Waals surface area (Å²) in [5, 5.41) is 18.4. The van der Waals surface area contributed by atoms with Crippen molar-refractivity contribution < 1.29 is 4.79 Å². The Kier molecular flexibility index (Phi) is 4.01. The molecule has 17 heavy (non-hydrogen) atoms. The van der Waals surface area contributed by atoms with Gasteiger partial charge in [-0.1, -0.05) is 6.07 Å². The molecule has 0 fully saturated rings. The number of likely N-dealkylation sites (N-methyl/N-ethyl adjacent to an activating group) is 1. The Bertz CT molecular complexity index is 526. The van der Waals surface area contributed by atoms with Crippen LogP contribution in [0.25, 0.3) is 6.08 Å². The molecule has 0 bridgehead atoms. The topological polar surface area (TPSA) is 103 Å². The van der Waals surface area contributed by atoms with Crippen LogP contribution >= 0.6 is 0 Å². The molecule has 86 valence electrons. The SMILES string of the molecule is CNC(=O)/C(C#N)=C/c1ccc(N)c(C=N)c1. The van der Waals surface area contributed by atoms with Crippen molar-refractivity contribution in [1.29, 1.82) is 10.7 Å². The number of nitrogen functional groups attached to an aromatic ring is 1. The van der Waals surface area contributed by atoms with Crippen LogP contribution in [0.15, 0.2) is 23.8 Å². The van der Waals surface area contributed by atoms with Gasteiger partial charge in [0.2, 0.25) is 0 Å². The lowest BCUT2D eigenvalue weighted by Gasteiger charge is -2.02. The third-order valence-corrected chi connectivity index (χ3v) is 2.17. The van der Waals surface area contributed by atoms with E-state index in [1.165, 1.54) is 13.1 Å². The zero-order chi connectivity index (χ0) is 12.8. The zero-order valence-corrected chi connectivity index (χ0v) is 9.32. The number of benzene rings is 1. The van der Waals surface area contributed by atoms with Crippen LogP contribution in [0, 0.1) is 16.7 Å². The van der Waals surface area contributed by atoms with E-state index in [-0.39, 0.29) is 5.57 Å². The maximum Gasteiger partial charge on any atom is 0.261 e. The average molecular weight is 228 g/mol. The van der Waals surface area contributed by atoms with Gasteiger partial charge in [0, 0.05) is 24.5 Å². The van der Waals surface area contributed by atoms with E-state index in [1.807, 2.05) is 6.07 Å². The van der Waals surface area contributed by atoms with Gasteiger partial charge in [0.25, 0.3) is 5.91 Å². The molecule has 0 spiro atoms. The number of carbonyl (C=O) groups is 1. The molecule has 5 heteroatoms. The summed E-state index contributed by atoms with van der Waals surface area (Å²) in [4.78, 5) is 11.3. The maximum atomic E-state index is 11.3. The molecule has 0 unspecified atom stereocenters. The number of amides is 1. The lowest BCUT2D eigenvalue weighted by atomic mass is 10.1. The molecule has 1 rings (SSSR count). The van der Waals surface area contributed by atoms with Crippen LogP contribution < -0.4 is 11.1 Å². The highest BCUT2D eigenvalue weighted by molar-refractivity contribution is 6.01. The van der Waals surface area contributed by atoms with Crippen molar-refractivity contribution >= 4 is 23.9 Å². The van der Waals surface area contributed by atoms with Gasteiger partial charge >= 0.3 is 0 Å². The van der Waals surface area contributed by atoms with Gasteiger partial charge in [-0.3, -0.25) is 4.79 Å². The molecule has 5 nitrogen and oxygen atoms in total. The van der Waals surface area contributed by atoms with Gasteiger partial charge in [0.15, 0.2) is 0 Å². The van der Waals surface area contributed by atoms with E-state index in [1.54, 1.807) is 18.2 Å². The minimum absolute atomic E-state index is 0.00759. The molecule has 0 saturated heterocycles. The molecule has 0 aliphatic heterocycles. The summed E-state index contributed by atoms with van der Waals surface area (Å²) >= 11 is 0. The number of nitriles is 1. The highest BCUT2D eigenvalue weighted by Crippen LogP contribution is 2.14. The Morgan fingerprint density at radius 1 is 1.59 bits per heavy atom. The van der Waals surface area contributed by atoms with E-state index in [0.717, 1.165) is 6.21 Å². The Hall–Kier alpha value is -2.61. The van der Waals surface area contributed by atoms with Gasteiger partial charge in [-0.05, 0) is 23.8 Å². The molecule has 0 aromatic heterocycles. The molecule has 0 aliphatic carbocycles. The van der Waals surface area contributed by atoms with Crippen molar-refractivity contribution in [3.8, 4) is 6.07 Å². The van der Waals surface area contributed by atoms with Gasteiger partial charge in [-0.25, -0.2) is 0 Å². The summed E-state index contributed by atoms with van der Waals surface area (Å²) in [6.45, 7) is 0. The summed E-state index contributed by atoms with van der Waals surface area (Å²) in [6.07, 6.45) is 2.57. The Balaban J connectivity index is 3.18. The first kappa shape index (κ1) is 12.5. The van der Waals surface area contributed by atoms with Crippen LogP contribution in [-0.2, 0) is 4.79 Å². The monoisotopic (exact) mass is 228 g/mol. The lowest BCUT2D eigenvalue weighted by molar-refractivity contribution is -0.116. The fraction of sp³-hybridized carbons (Fsp3) is 0.0833. The van der Waals surface area contributed by atoms with Crippen molar-refractivity contribution in [2.75, 3.05) is 12.8 Å². The first-order valence-electron chi connectivity index (χ1n) is 4.86. The van der Waals surface area contributed by atoms with Crippen molar-refractivity contribution in [3.05, 3.63) is 34.9 Å². The minimum Gasteiger partial charge on any atom is -0.398 e. The number of hydrogen-bond donors (Lipinski definition) is 3. The van der Waals surface area contributed by atoms with E-state index in [2.05, 4.69) is 5.32 Å². The highest BCUT2D eigenvalue weighted by atomic mass is 16.1. The Morgan fingerprint density at radius 3 is 2.82 bits per heavy atom. The van der Waals surface area contributed by atoms with Crippen LogP contribution in [0.4, 0.5) is 5.69 Å². The Morgan fingerprint density at radius 2 is 2.29 bits per heavy atom. The average Bonchev–Trinajstić information content (AvgIpc) is 2.36. The second kappa shape index (κ2) is 5.47. The van der Waals surface area contributed by atoms with E-state index < -0.39 is 5.91 Å². The molecule has 0 heterocycles. The third-order valence-electron chi connectivity index (χ3n) is 2.17. The number of nitrogens with zero attached hydrogens (tertiary/aromatic N) is 1. The van der Waals surface area contributed by atoms with Crippen LogP contribution in [0.5, 0.6) is 0 Å². The minimum atomic E-state index is -0.444. The molecule has 0 aliphatic rings. The molecule has 4 N–H and O–H groups in total. The number of carbonyl (C=O) groups excluding carboxylic acids is 1. The van der Waals surface area contributed by atoms with Gasteiger partial charge in [-0.15, -0.1) is 0 Å². The van der Waals surface area contributed by atoms with E-state index in [0.29, 0.717) is 16.8 Å². The largest absolute Gasteiger partial charge is 0.398 e. The van der Waals surface area contributed by atoms with E-state index in [4.69, 9.17) is 16.4 Å². The zero-order valence-electron chi connectivity index (χ0n) is 9.32. The van der Waals surface area contributed by atoms with Crippen molar-refractivity contribution in [2.45, 2.75) is 0 Å². The summed E-state index contributed by atoms with van der Waals surface area (Å²) in [7, 11) is 1.46.